The van der Waals surface area contributed by atoms with Crippen molar-refractivity contribution >= 4 is 15.7 Å². The second-order valence-corrected chi connectivity index (χ2v) is 8.92. The minimum absolute atomic E-state index is 0.107. The van der Waals surface area contributed by atoms with Gasteiger partial charge in [-0.2, -0.15) is 4.98 Å². The lowest BCUT2D eigenvalue weighted by Crippen LogP contribution is -2.07. The van der Waals surface area contributed by atoms with E-state index in [2.05, 4.69) is 15.3 Å². The van der Waals surface area contributed by atoms with E-state index in [4.69, 9.17) is 4.42 Å². The fraction of sp³-hybridized carbons (Fsp3) is 0.130. The molecule has 0 aliphatic heterocycles. The summed E-state index contributed by atoms with van der Waals surface area (Å²) < 4.78 is 32.6. The average Bonchev–Trinajstić information content (AvgIpc) is 3.19. The molecule has 152 valence electrons. The van der Waals surface area contributed by atoms with Crippen LogP contribution in [0.3, 0.4) is 0 Å². The second-order valence-electron chi connectivity index (χ2n) is 7.05. The van der Waals surface area contributed by atoms with Gasteiger partial charge in [-0.3, -0.25) is 4.98 Å². The molecular formula is C23H21N3O3S. The number of anilines is 1. The van der Waals surface area contributed by atoms with Crippen LogP contribution in [0.25, 0.3) is 11.5 Å². The lowest BCUT2D eigenvalue weighted by Gasteiger charge is -2.06. The van der Waals surface area contributed by atoms with Crippen LogP contribution in [0, 0.1) is 13.8 Å². The molecule has 0 fully saturated rings. The van der Waals surface area contributed by atoms with Crippen molar-refractivity contribution in [3.8, 4) is 11.5 Å². The molecule has 0 amide bonds. The summed E-state index contributed by atoms with van der Waals surface area (Å²) in [6, 6.07) is 18.0. The minimum atomic E-state index is -3.87. The van der Waals surface area contributed by atoms with Crippen molar-refractivity contribution in [3.63, 3.8) is 0 Å². The van der Waals surface area contributed by atoms with Gasteiger partial charge in [0.15, 0.2) is 0 Å². The molecule has 0 atom stereocenters. The predicted molar refractivity (Wildman–Crippen MR) is 115 cm³/mol. The Bertz CT molecular complexity index is 1260. The van der Waals surface area contributed by atoms with Crippen LogP contribution in [0.1, 0.15) is 16.7 Å². The molecule has 30 heavy (non-hydrogen) atoms. The largest absolute Gasteiger partial charge is 0.419 e. The molecule has 0 saturated carbocycles. The molecule has 0 saturated heterocycles. The molecule has 6 nitrogen and oxygen atoms in total. The third-order valence-corrected chi connectivity index (χ3v) is 6.29. The first-order valence-corrected chi connectivity index (χ1v) is 10.9. The van der Waals surface area contributed by atoms with E-state index in [0.717, 1.165) is 16.7 Å². The Morgan fingerprint density at radius 2 is 1.77 bits per heavy atom. The van der Waals surface area contributed by atoms with E-state index in [-0.39, 0.29) is 21.7 Å². The maximum absolute atomic E-state index is 13.3. The van der Waals surface area contributed by atoms with E-state index in [1.807, 2.05) is 56.3 Å². The SMILES string of the molecule is Cc1ccc(-c2nc(S(=O)(=O)c3cccc(C)c3)c(NCc3cccnc3)o2)cc1. The number of sulfone groups is 1. The standard InChI is InChI=1S/C23H21N3O3S/c1-16-8-10-19(11-9-16)21-26-23(30(27,28)20-7-3-5-17(2)13-20)22(29-21)25-15-18-6-4-12-24-14-18/h3-14,25H,15H2,1-2H3. The van der Waals surface area contributed by atoms with Crippen molar-refractivity contribution in [2.45, 2.75) is 30.3 Å². The second kappa shape index (κ2) is 8.12. The quantitative estimate of drug-likeness (QED) is 0.483. The van der Waals surface area contributed by atoms with Crippen LogP contribution in [0.15, 0.2) is 87.4 Å². The maximum Gasteiger partial charge on any atom is 0.234 e. The van der Waals surface area contributed by atoms with Gasteiger partial charge in [-0.1, -0.05) is 35.9 Å². The van der Waals surface area contributed by atoms with Crippen molar-refractivity contribution in [1.29, 1.82) is 0 Å². The molecule has 4 rings (SSSR count). The average molecular weight is 420 g/mol. The maximum atomic E-state index is 13.3. The predicted octanol–water partition coefficient (Wildman–Crippen LogP) is 4.80. The summed E-state index contributed by atoms with van der Waals surface area (Å²) in [6.45, 7) is 4.18. The van der Waals surface area contributed by atoms with Crippen molar-refractivity contribution < 1.29 is 12.8 Å². The van der Waals surface area contributed by atoms with E-state index in [1.165, 1.54) is 0 Å². The van der Waals surface area contributed by atoms with Gasteiger partial charge in [-0.25, -0.2) is 8.42 Å². The first-order chi connectivity index (χ1) is 14.4. The van der Waals surface area contributed by atoms with E-state index in [9.17, 15) is 8.42 Å². The van der Waals surface area contributed by atoms with Gasteiger partial charge in [0.25, 0.3) is 0 Å². The van der Waals surface area contributed by atoms with Gasteiger partial charge in [-0.15, -0.1) is 0 Å². The zero-order valence-corrected chi connectivity index (χ0v) is 17.5. The Morgan fingerprint density at radius 1 is 0.967 bits per heavy atom. The molecule has 1 N–H and O–H groups in total. The first kappa shape index (κ1) is 19.8. The fourth-order valence-corrected chi connectivity index (χ4v) is 4.38. The number of nitrogens with one attached hydrogen (secondary N) is 1. The van der Waals surface area contributed by atoms with Crippen LogP contribution < -0.4 is 5.32 Å². The van der Waals surface area contributed by atoms with Crippen LogP contribution in [-0.2, 0) is 16.4 Å². The van der Waals surface area contributed by atoms with Crippen molar-refractivity contribution in [2.24, 2.45) is 0 Å². The Balaban J connectivity index is 1.77. The minimum Gasteiger partial charge on any atom is -0.419 e. The van der Waals surface area contributed by atoms with Crippen molar-refractivity contribution in [1.82, 2.24) is 9.97 Å². The molecular weight excluding hydrogens is 398 g/mol. The molecule has 2 aromatic carbocycles. The molecule has 0 aliphatic carbocycles. The third-order valence-electron chi connectivity index (χ3n) is 4.62. The normalized spacial score (nSPS) is 11.4. The molecule has 7 heteroatoms. The molecule has 0 aliphatic rings. The Kier molecular flexibility index (Phi) is 5.37. The van der Waals surface area contributed by atoms with E-state index >= 15 is 0 Å². The van der Waals surface area contributed by atoms with Crippen LogP contribution in [-0.4, -0.2) is 18.4 Å². The number of hydrogen-bond acceptors (Lipinski definition) is 6. The highest BCUT2D eigenvalue weighted by Gasteiger charge is 2.28. The highest BCUT2D eigenvalue weighted by molar-refractivity contribution is 7.91. The summed E-state index contributed by atoms with van der Waals surface area (Å²) in [5.74, 6) is 0.353. The van der Waals surface area contributed by atoms with Gasteiger partial charge in [0.1, 0.15) is 0 Å². The lowest BCUT2D eigenvalue weighted by atomic mass is 10.1. The zero-order valence-electron chi connectivity index (χ0n) is 16.7. The summed E-state index contributed by atoms with van der Waals surface area (Å²) in [5.41, 5.74) is 3.54. The third kappa shape index (κ3) is 4.11. The van der Waals surface area contributed by atoms with Crippen LogP contribution >= 0.6 is 0 Å². The number of aromatic nitrogens is 2. The molecule has 0 spiro atoms. The Morgan fingerprint density at radius 3 is 2.47 bits per heavy atom. The van der Waals surface area contributed by atoms with E-state index < -0.39 is 9.84 Å². The van der Waals surface area contributed by atoms with Crippen molar-refractivity contribution in [3.05, 3.63) is 89.7 Å². The Hall–Kier alpha value is -3.45. The van der Waals surface area contributed by atoms with E-state index in [0.29, 0.717) is 12.1 Å². The lowest BCUT2D eigenvalue weighted by molar-refractivity contribution is 0.576. The molecule has 0 unspecified atom stereocenters. The van der Waals surface area contributed by atoms with Gasteiger partial charge in [-0.05, 0) is 55.3 Å². The fourth-order valence-electron chi connectivity index (χ4n) is 3.00. The summed E-state index contributed by atoms with van der Waals surface area (Å²) in [5, 5.41) is 2.94. The topological polar surface area (TPSA) is 85.1 Å². The molecule has 2 heterocycles. The number of oxazole rings is 1. The molecule has 4 aromatic rings. The number of rotatable bonds is 6. The van der Waals surface area contributed by atoms with Gasteiger partial charge >= 0.3 is 0 Å². The number of aryl methyl sites for hydroxylation is 2. The van der Waals surface area contributed by atoms with Gasteiger partial charge < -0.3 is 9.73 Å². The van der Waals surface area contributed by atoms with Gasteiger partial charge in [0, 0.05) is 24.5 Å². The number of benzene rings is 2. The summed E-state index contributed by atoms with van der Waals surface area (Å²) in [7, 11) is -3.87. The van der Waals surface area contributed by atoms with Crippen LogP contribution in [0.5, 0.6) is 0 Å². The highest BCUT2D eigenvalue weighted by atomic mass is 32.2. The highest BCUT2D eigenvalue weighted by Crippen LogP contribution is 2.33. The van der Waals surface area contributed by atoms with Gasteiger partial charge in [0.2, 0.25) is 26.6 Å². The van der Waals surface area contributed by atoms with Crippen molar-refractivity contribution in [2.75, 3.05) is 5.32 Å². The van der Waals surface area contributed by atoms with E-state index in [1.54, 1.807) is 30.6 Å². The number of nitrogens with zero attached hydrogens (tertiary/aromatic N) is 2. The first-order valence-electron chi connectivity index (χ1n) is 9.46. The molecule has 2 aromatic heterocycles. The molecule has 0 radical (unpaired) electrons. The summed E-state index contributed by atoms with van der Waals surface area (Å²) in [4.78, 5) is 8.63. The number of hydrogen-bond donors (Lipinski definition) is 1. The van der Waals surface area contributed by atoms with Crippen LogP contribution in [0.2, 0.25) is 0 Å². The van der Waals surface area contributed by atoms with Gasteiger partial charge in [0.05, 0.1) is 4.90 Å². The monoisotopic (exact) mass is 419 g/mol. The molecule has 0 bridgehead atoms. The smallest absolute Gasteiger partial charge is 0.234 e. The summed E-state index contributed by atoms with van der Waals surface area (Å²) >= 11 is 0. The Labute approximate surface area is 175 Å². The van der Waals surface area contributed by atoms with Crippen LogP contribution in [0.4, 0.5) is 5.88 Å². The zero-order chi connectivity index (χ0) is 21.1. The summed E-state index contributed by atoms with van der Waals surface area (Å²) in [6.07, 6.45) is 3.39. The number of pyridine rings is 1.